The molecule has 3 aromatic carbocycles. The zero-order valence-corrected chi connectivity index (χ0v) is 40.9. The van der Waals surface area contributed by atoms with E-state index >= 15 is 0 Å². The number of nitrogens with zero attached hydrogens (tertiary/aromatic N) is 4. The summed E-state index contributed by atoms with van der Waals surface area (Å²) >= 11 is 0. The standard InChI is InChI=1S/C46H57N7O6.C3H7NO2.C2H6/c1-7-9-27(4)52(41(54)18-29-10-8-17-58-24-29)23-40-48-36-15-13-30-20-35-33-14-12-31(19-32(33)25-59-39(35)21-34(30)43(36)50-40)37-22-47-44(49-37)38-16-11-28(5)53(38)45(55)42(26(2)3)51-46(56)57-6;1-4-3(5)6-2;1-2/h12-15,19-22,26-29,38,42H,7-11,16-18,23-25H2,1-6H3,(H,47,49)(H,48,50)(H,51,56);1-2H3,(H,4,5);1-2H3/t27-,28-,29+,38-,42?;;/m0../s1. The van der Waals surface area contributed by atoms with Crippen molar-refractivity contribution in [2.45, 2.75) is 131 Å². The lowest BCUT2D eigenvalue weighted by Gasteiger charge is -2.32. The van der Waals surface area contributed by atoms with Gasteiger partial charge < -0.3 is 49.3 Å². The van der Waals surface area contributed by atoms with Crippen LogP contribution in [0.5, 0.6) is 5.75 Å². The Hall–Kier alpha value is -6.16. The van der Waals surface area contributed by atoms with Gasteiger partial charge in [0.2, 0.25) is 11.8 Å². The molecule has 2 aromatic heterocycles. The summed E-state index contributed by atoms with van der Waals surface area (Å²) in [6.45, 7) is 16.5. The molecule has 16 nitrogen and oxygen atoms in total. The fourth-order valence-corrected chi connectivity index (χ4v) is 9.38. The second-order valence-electron chi connectivity index (χ2n) is 17.8. The first-order chi connectivity index (χ1) is 32.3. The molecule has 0 saturated carbocycles. The van der Waals surface area contributed by atoms with E-state index in [0.717, 1.165) is 112 Å². The maximum absolute atomic E-state index is 13.9. The van der Waals surface area contributed by atoms with Crippen LogP contribution in [0.3, 0.4) is 0 Å². The molecular formula is C51H70N8O8. The number of aromatic amines is 2. The third-order valence-electron chi connectivity index (χ3n) is 12.9. The number of carbonyl (C=O) groups excluding carboxylic acids is 4. The largest absolute Gasteiger partial charge is 0.488 e. The molecule has 5 heterocycles. The van der Waals surface area contributed by atoms with Gasteiger partial charge in [-0.1, -0.05) is 59.2 Å². The van der Waals surface area contributed by atoms with Crippen molar-refractivity contribution in [3.63, 3.8) is 0 Å². The van der Waals surface area contributed by atoms with Crippen LogP contribution < -0.4 is 15.4 Å². The number of methoxy groups -OCH3 is 2. The Labute approximate surface area is 394 Å². The van der Waals surface area contributed by atoms with Crippen molar-refractivity contribution in [1.29, 1.82) is 0 Å². The Balaban J connectivity index is 0.000000859. The number of H-pyrrole nitrogens is 2. The average molecular weight is 923 g/mol. The molecule has 4 N–H and O–H groups in total. The van der Waals surface area contributed by atoms with Crippen LogP contribution in [0.2, 0.25) is 0 Å². The Kier molecular flexibility index (Phi) is 17.3. The van der Waals surface area contributed by atoms with Crippen LogP contribution >= 0.6 is 0 Å². The van der Waals surface area contributed by atoms with Gasteiger partial charge in [-0.3, -0.25) is 9.59 Å². The van der Waals surface area contributed by atoms with Gasteiger partial charge in [0.1, 0.15) is 30.0 Å². The maximum Gasteiger partial charge on any atom is 0.407 e. The summed E-state index contributed by atoms with van der Waals surface area (Å²) in [4.78, 5) is 70.2. The number of ether oxygens (including phenoxy) is 4. The number of amides is 4. The number of nitrogens with one attached hydrogen (secondary N) is 4. The Morgan fingerprint density at radius 1 is 0.970 bits per heavy atom. The summed E-state index contributed by atoms with van der Waals surface area (Å²) in [5.41, 5.74) is 6.84. The Bertz CT molecular complexity index is 2490. The number of benzene rings is 3. The molecule has 67 heavy (non-hydrogen) atoms. The molecule has 8 rings (SSSR count). The number of aromatic nitrogens is 4. The minimum absolute atomic E-state index is 0.00249. The number of likely N-dealkylation sites (tertiary alicyclic amines) is 1. The van der Waals surface area contributed by atoms with E-state index in [2.05, 4.69) is 81.7 Å². The van der Waals surface area contributed by atoms with E-state index in [1.807, 2.05) is 50.6 Å². The van der Waals surface area contributed by atoms with Gasteiger partial charge in [-0.05, 0) is 104 Å². The van der Waals surface area contributed by atoms with Gasteiger partial charge in [-0.15, -0.1) is 0 Å². The molecule has 2 fully saturated rings. The quantitative estimate of drug-likeness (QED) is 0.0937. The molecular weight excluding hydrogens is 853 g/mol. The predicted molar refractivity (Wildman–Crippen MR) is 259 cm³/mol. The van der Waals surface area contributed by atoms with E-state index in [-0.39, 0.29) is 41.8 Å². The van der Waals surface area contributed by atoms with Crippen LogP contribution in [0.15, 0.2) is 48.7 Å². The second-order valence-corrected chi connectivity index (χ2v) is 17.8. The summed E-state index contributed by atoms with van der Waals surface area (Å²) in [5, 5.41) is 7.05. The first-order valence-corrected chi connectivity index (χ1v) is 23.9. The van der Waals surface area contributed by atoms with E-state index < -0.39 is 18.2 Å². The molecule has 0 bridgehead atoms. The topological polar surface area (TPSA) is 193 Å². The minimum Gasteiger partial charge on any atom is -0.488 e. The van der Waals surface area contributed by atoms with E-state index in [0.29, 0.717) is 26.2 Å². The average Bonchev–Trinajstić information content (AvgIpc) is 4.11. The van der Waals surface area contributed by atoms with Gasteiger partial charge in [-0.25, -0.2) is 19.6 Å². The predicted octanol–water partition coefficient (Wildman–Crippen LogP) is 9.43. The maximum atomic E-state index is 13.9. The summed E-state index contributed by atoms with van der Waals surface area (Å²) in [6.07, 6.45) is 6.89. The smallest absolute Gasteiger partial charge is 0.407 e. The monoisotopic (exact) mass is 923 g/mol. The zero-order valence-electron chi connectivity index (χ0n) is 40.9. The lowest BCUT2D eigenvalue weighted by molar-refractivity contribution is -0.137. The van der Waals surface area contributed by atoms with Gasteiger partial charge in [-0.2, -0.15) is 0 Å². The van der Waals surface area contributed by atoms with Gasteiger partial charge >= 0.3 is 12.2 Å². The van der Waals surface area contributed by atoms with Crippen molar-refractivity contribution in [3.05, 3.63) is 65.9 Å². The third kappa shape index (κ3) is 11.5. The highest BCUT2D eigenvalue weighted by atomic mass is 16.5. The number of alkyl carbamates (subject to hydrolysis) is 2. The van der Waals surface area contributed by atoms with Crippen LogP contribution in [0.25, 0.3) is 44.2 Å². The fourth-order valence-electron chi connectivity index (χ4n) is 9.38. The number of rotatable bonds is 12. The normalized spacial score (nSPS) is 18.3. The van der Waals surface area contributed by atoms with Crippen LogP contribution in [0.4, 0.5) is 9.59 Å². The second kappa shape index (κ2) is 23.0. The minimum atomic E-state index is -0.706. The van der Waals surface area contributed by atoms with Crippen molar-refractivity contribution in [2.75, 3.05) is 34.5 Å². The van der Waals surface area contributed by atoms with Gasteiger partial charge in [0.15, 0.2) is 0 Å². The van der Waals surface area contributed by atoms with E-state index in [9.17, 15) is 19.2 Å². The van der Waals surface area contributed by atoms with E-state index in [4.69, 9.17) is 24.2 Å². The molecule has 3 aliphatic rings. The van der Waals surface area contributed by atoms with Crippen molar-refractivity contribution in [3.8, 4) is 28.1 Å². The van der Waals surface area contributed by atoms with Crippen molar-refractivity contribution >= 4 is 45.8 Å². The summed E-state index contributed by atoms with van der Waals surface area (Å²) in [5.74, 6) is 2.49. The van der Waals surface area contributed by atoms with Gasteiger partial charge in [0, 0.05) is 49.7 Å². The molecule has 1 unspecified atom stereocenters. The number of imidazole rings is 2. The summed E-state index contributed by atoms with van der Waals surface area (Å²) < 4.78 is 21.1. The molecule has 3 aliphatic heterocycles. The number of carbonyl (C=O) groups is 4. The molecule has 2 saturated heterocycles. The first kappa shape index (κ1) is 50.3. The molecule has 0 radical (unpaired) electrons. The Morgan fingerprint density at radius 3 is 2.42 bits per heavy atom. The van der Waals surface area contributed by atoms with Crippen molar-refractivity contribution in [1.82, 2.24) is 40.4 Å². The molecule has 5 atom stereocenters. The highest BCUT2D eigenvalue weighted by Gasteiger charge is 2.41. The fraction of sp³-hybridized carbons (Fsp3) is 0.529. The molecule has 0 spiro atoms. The number of fused-ring (bicyclic) bond motifs is 6. The first-order valence-electron chi connectivity index (χ1n) is 23.9. The molecule has 362 valence electrons. The van der Waals surface area contributed by atoms with Crippen LogP contribution in [-0.4, -0.2) is 106 Å². The third-order valence-corrected chi connectivity index (χ3v) is 12.9. The highest BCUT2D eigenvalue weighted by Crippen LogP contribution is 2.43. The van der Waals surface area contributed by atoms with E-state index in [1.165, 1.54) is 21.3 Å². The number of hydrogen-bond acceptors (Lipinski definition) is 10. The van der Waals surface area contributed by atoms with Crippen LogP contribution in [0, 0.1) is 11.8 Å². The van der Waals surface area contributed by atoms with E-state index in [1.54, 1.807) is 0 Å². The van der Waals surface area contributed by atoms with Crippen molar-refractivity contribution < 1.29 is 38.1 Å². The van der Waals surface area contributed by atoms with Crippen molar-refractivity contribution in [2.24, 2.45) is 11.8 Å². The van der Waals surface area contributed by atoms with Gasteiger partial charge in [0.05, 0.1) is 49.7 Å². The molecule has 0 aliphatic carbocycles. The summed E-state index contributed by atoms with van der Waals surface area (Å²) in [7, 11) is 4.12. The lowest BCUT2D eigenvalue weighted by atomic mass is 9.92. The molecule has 4 amide bonds. The highest BCUT2D eigenvalue weighted by molar-refractivity contribution is 6.07. The Morgan fingerprint density at radius 2 is 1.75 bits per heavy atom. The lowest BCUT2D eigenvalue weighted by Crippen LogP contribution is -2.52. The zero-order chi connectivity index (χ0) is 48.4. The number of hydrogen-bond donors (Lipinski definition) is 4. The van der Waals surface area contributed by atoms with Crippen LogP contribution in [0.1, 0.15) is 117 Å². The summed E-state index contributed by atoms with van der Waals surface area (Å²) in [6, 6.07) is 14.0. The van der Waals surface area contributed by atoms with Gasteiger partial charge in [0.25, 0.3) is 0 Å². The molecule has 5 aromatic rings. The molecule has 16 heteroatoms. The SMILES string of the molecule is CC.CCC[C@H](C)N(Cc1nc2c(ccc3cc4c(cc32)OCc2cc(-c3cnc([C@@H]5CC[C@H](C)N5C(=O)C(NC(=O)OC)C(C)C)[nH]3)ccc2-4)[nH]1)C(=O)C[C@H]1CCCOC1.CNC(=O)OC. The van der Waals surface area contributed by atoms with Crippen LogP contribution in [-0.2, 0) is 37.0 Å².